The predicted octanol–water partition coefficient (Wildman–Crippen LogP) is 13.1. The minimum absolute atomic E-state index is 0.619. The summed E-state index contributed by atoms with van der Waals surface area (Å²) in [5.74, 6) is 1.37. The summed E-state index contributed by atoms with van der Waals surface area (Å²) in [5.41, 5.74) is 14.0. The highest BCUT2D eigenvalue weighted by molar-refractivity contribution is 5.97. The van der Waals surface area contributed by atoms with E-state index in [4.69, 9.17) is 19.9 Å². The van der Waals surface area contributed by atoms with Gasteiger partial charge in [-0.15, -0.1) is 0 Å². The number of fused-ring (bicyclic) bond motifs is 2. The molecule has 10 aromatic rings. The minimum Gasteiger partial charge on any atom is -0.228 e. The first-order chi connectivity index (χ1) is 28.7. The maximum Gasteiger partial charge on any atom is 0.160 e. The van der Waals surface area contributed by atoms with E-state index in [1.807, 2.05) is 121 Å². The molecule has 0 aliphatic heterocycles. The van der Waals surface area contributed by atoms with Crippen LogP contribution in [0.25, 0.3) is 100 Å². The van der Waals surface area contributed by atoms with Gasteiger partial charge in [0.05, 0.1) is 34.1 Å². The van der Waals surface area contributed by atoms with Gasteiger partial charge in [0.2, 0.25) is 0 Å². The Balaban J connectivity index is 1.14. The summed E-state index contributed by atoms with van der Waals surface area (Å²) in [6.07, 6.45) is 0. The fraction of sp³-hybridized carbons (Fsp3) is 0. The van der Waals surface area contributed by atoms with E-state index in [1.165, 1.54) is 0 Å². The molecule has 5 nitrogen and oxygen atoms in total. The van der Waals surface area contributed by atoms with Gasteiger partial charge < -0.3 is 0 Å². The Labute approximate surface area is 336 Å². The molecule has 0 fully saturated rings. The second kappa shape index (κ2) is 14.9. The van der Waals surface area contributed by atoms with Crippen LogP contribution in [0.1, 0.15) is 5.56 Å². The highest BCUT2D eigenvalue weighted by Gasteiger charge is 2.17. The van der Waals surface area contributed by atoms with Gasteiger partial charge in [-0.25, -0.2) is 19.9 Å². The highest BCUT2D eigenvalue weighted by atomic mass is 14.9. The van der Waals surface area contributed by atoms with Gasteiger partial charge in [-0.2, -0.15) is 5.26 Å². The lowest BCUT2D eigenvalue weighted by Gasteiger charge is -2.16. The molecule has 0 N–H and O–H groups in total. The normalized spacial score (nSPS) is 11.1. The molecule has 10 rings (SSSR count). The summed E-state index contributed by atoms with van der Waals surface area (Å²) in [7, 11) is 0. The van der Waals surface area contributed by atoms with Crippen molar-refractivity contribution in [1.29, 1.82) is 5.26 Å². The summed E-state index contributed by atoms with van der Waals surface area (Å²) in [6.45, 7) is 0. The van der Waals surface area contributed by atoms with Crippen molar-refractivity contribution < 1.29 is 0 Å². The average molecular weight is 740 g/mol. The van der Waals surface area contributed by atoms with Crippen molar-refractivity contribution >= 4 is 21.8 Å². The van der Waals surface area contributed by atoms with Crippen LogP contribution in [0.15, 0.2) is 200 Å². The molecule has 0 spiro atoms. The van der Waals surface area contributed by atoms with Crippen LogP contribution >= 0.6 is 0 Å². The number of aromatic nitrogens is 4. The molecule has 0 saturated carbocycles. The van der Waals surface area contributed by atoms with Gasteiger partial charge in [0.25, 0.3) is 0 Å². The molecule has 0 saturated heterocycles. The van der Waals surface area contributed by atoms with Crippen LogP contribution < -0.4 is 0 Å². The predicted molar refractivity (Wildman–Crippen MR) is 235 cm³/mol. The van der Waals surface area contributed by atoms with Crippen molar-refractivity contribution in [2.45, 2.75) is 0 Å². The molecule has 2 heterocycles. The van der Waals surface area contributed by atoms with E-state index >= 15 is 0 Å². The third kappa shape index (κ3) is 6.45. The number of para-hydroxylation sites is 2. The summed E-state index contributed by atoms with van der Waals surface area (Å²) < 4.78 is 0. The Bertz CT molecular complexity index is 3190. The summed E-state index contributed by atoms with van der Waals surface area (Å²) >= 11 is 0. The van der Waals surface area contributed by atoms with Crippen LogP contribution in [0.3, 0.4) is 0 Å². The second-order valence-electron chi connectivity index (χ2n) is 14.1. The Morgan fingerprint density at radius 3 is 1.38 bits per heavy atom. The van der Waals surface area contributed by atoms with Crippen LogP contribution in [-0.4, -0.2) is 19.9 Å². The number of hydrogen-bond donors (Lipinski definition) is 0. The number of benzene rings is 8. The molecule has 270 valence electrons. The lowest BCUT2D eigenvalue weighted by atomic mass is 9.88. The van der Waals surface area contributed by atoms with Gasteiger partial charge in [-0.05, 0) is 64.2 Å². The molecular formula is C53H33N5. The molecule has 5 heteroatoms. The van der Waals surface area contributed by atoms with Crippen molar-refractivity contribution in [3.8, 4) is 84.7 Å². The lowest BCUT2D eigenvalue weighted by molar-refractivity contribution is 1.23. The molecular weight excluding hydrogens is 707 g/mol. The van der Waals surface area contributed by atoms with Crippen LogP contribution in [0.4, 0.5) is 0 Å². The largest absolute Gasteiger partial charge is 0.228 e. The van der Waals surface area contributed by atoms with Crippen LogP contribution in [0, 0.1) is 11.3 Å². The molecule has 2 aromatic heterocycles. The van der Waals surface area contributed by atoms with Crippen molar-refractivity contribution in [2.24, 2.45) is 0 Å². The summed E-state index contributed by atoms with van der Waals surface area (Å²) in [5, 5.41) is 12.2. The third-order valence-electron chi connectivity index (χ3n) is 10.5. The first-order valence-corrected chi connectivity index (χ1v) is 19.2. The van der Waals surface area contributed by atoms with Crippen LogP contribution in [-0.2, 0) is 0 Å². The molecule has 0 radical (unpaired) electrons. The minimum atomic E-state index is 0.619. The van der Waals surface area contributed by atoms with E-state index in [9.17, 15) is 5.26 Å². The summed E-state index contributed by atoms with van der Waals surface area (Å²) in [6, 6.07) is 70.4. The molecule has 0 amide bonds. The monoisotopic (exact) mass is 739 g/mol. The Kier molecular flexibility index (Phi) is 8.83. The van der Waals surface area contributed by atoms with Crippen molar-refractivity contribution in [3.05, 3.63) is 206 Å². The van der Waals surface area contributed by atoms with Gasteiger partial charge in [0, 0.05) is 38.6 Å². The second-order valence-corrected chi connectivity index (χ2v) is 14.1. The number of nitriles is 1. The molecule has 0 aliphatic rings. The van der Waals surface area contributed by atoms with Crippen molar-refractivity contribution in [3.63, 3.8) is 0 Å². The fourth-order valence-corrected chi connectivity index (χ4v) is 7.72. The standard InChI is InChI=1S/C53H33N5/c54-34-42-19-7-8-24-43(42)44-30-29-38(37-20-13-22-40(31-37)50-45-25-9-11-27-48(45)55-52(57-50)35-15-3-1-4-16-35)33-47(44)39-21-14-23-41(32-39)51-46-26-10-12-28-49(46)56-53(58-51)36-17-5-2-6-18-36/h1-33H. The maximum absolute atomic E-state index is 10.2. The van der Waals surface area contributed by atoms with Gasteiger partial charge >= 0.3 is 0 Å². The van der Waals surface area contributed by atoms with E-state index in [0.29, 0.717) is 17.2 Å². The van der Waals surface area contributed by atoms with Gasteiger partial charge in [-0.1, -0.05) is 164 Å². The first kappa shape index (κ1) is 34.4. The Hall–Kier alpha value is -8.07. The van der Waals surface area contributed by atoms with E-state index in [-0.39, 0.29) is 0 Å². The van der Waals surface area contributed by atoms with Gasteiger partial charge in [-0.3, -0.25) is 0 Å². The SMILES string of the molecule is N#Cc1ccccc1-c1ccc(-c2cccc(-c3nc(-c4ccccc4)nc4ccccc34)c2)cc1-c1cccc(-c2nc(-c3ccccc3)nc3ccccc23)c1. The van der Waals surface area contributed by atoms with E-state index in [2.05, 4.69) is 84.9 Å². The smallest absolute Gasteiger partial charge is 0.160 e. The summed E-state index contributed by atoms with van der Waals surface area (Å²) in [4.78, 5) is 20.2. The van der Waals surface area contributed by atoms with E-state index < -0.39 is 0 Å². The molecule has 8 aromatic carbocycles. The highest BCUT2D eigenvalue weighted by Crippen LogP contribution is 2.40. The van der Waals surface area contributed by atoms with Gasteiger partial charge in [0.15, 0.2) is 11.6 Å². The zero-order valence-corrected chi connectivity index (χ0v) is 31.3. The topological polar surface area (TPSA) is 75.3 Å². The van der Waals surface area contributed by atoms with Crippen LogP contribution in [0.2, 0.25) is 0 Å². The zero-order valence-electron chi connectivity index (χ0n) is 31.3. The molecule has 58 heavy (non-hydrogen) atoms. The fourth-order valence-electron chi connectivity index (χ4n) is 7.72. The lowest BCUT2D eigenvalue weighted by Crippen LogP contribution is -1.96. The van der Waals surface area contributed by atoms with Crippen molar-refractivity contribution in [2.75, 3.05) is 0 Å². The van der Waals surface area contributed by atoms with Gasteiger partial charge in [0.1, 0.15) is 0 Å². The number of rotatable bonds is 7. The maximum atomic E-state index is 10.2. The molecule has 0 bridgehead atoms. The number of hydrogen-bond acceptors (Lipinski definition) is 5. The van der Waals surface area contributed by atoms with E-state index in [1.54, 1.807) is 0 Å². The third-order valence-corrected chi connectivity index (χ3v) is 10.5. The zero-order chi connectivity index (χ0) is 38.8. The Morgan fingerprint density at radius 1 is 0.310 bits per heavy atom. The molecule has 0 atom stereocenters. The van der Waals surface area contributed by atoms with E-state index in [0.717, 1.165) is 88.8 Å². The number of nitrogens with zero attached hydrogens (tertiary/aromatic N) is 5. The molecule has 0 aliphatic carbocycles. The van der Waals surface area contributed by atoms with Crippen LogP contribution in [0.5, 0.6) is 0 Å². The Morgan fingerprint density at radius 2 is 0.776 bits per heavy atom. The van der Waals surface area contributed by atoms with Crippen molar-refractivity contribution in [1.82, 2.24) is 19.9 Å². The molecule has 0 unspecified atom stereocenters. The average Bonchev–Trinajstić information content (AvgIpc) is 3.31. The quantitative estimate of drug-likeness (QED) is 0.163. The first-order valence-electron chi connectivity index (χ1n) is 19.2.